The van der Waals surface area contributed by atoms with E-state index in [4.69, 9.17) is 0 Å². The number of aromatic nitrogens is 2. The molecule has 0 atom stereocenters. The number of benzene rings is 1. The van der Waals surface area contributed by atoms with Crippen LogP contribution in [0.3, 0.4) is 0 Å². The quantitative estimate of drug-likeness (QED) is 0.846. The molecule has 0 radical (unpaired) electrons. The van der Waals surface area contributed by atoms with Gasteiger partial charge in [0.1, 0.15) is 5.82 Å². The molecule has 0 aliphatic rings. The van der Waals surface area contributed by atoms with Crippen molar-refractivity contribution in [3.8, 4) is 0 Å². The van der Waals surface area contributed by atoms with E-state index in [2.05, 4.69) is 0 Å². The van der Waals surface area contributed by atoms with Crippen molar-refractivity contribution in [3.05, 3.63) is 68.7 Å². The molecule has 2 rings (SSSR count). The molecule has 2 aromatic rings. The molecule has 0 aliphatic heterocycles. The molecule has 0 amide bonds. The summed E-state index contributed by atoms with van der Waals surface area (Å²) in [5.74, 6) is -0.344. The Balaban J connectivity index is 2.45. The number of halogens is 1. The highest BCUT2D eigenvalue weighted by atomic mass is 19.1. The molecule has 1 heterocycles. The lowest BCUT2D eigenvalue weighted by molar-refractivity contribution is 0.521. The second kappa shape index (κ2) is 5.22. The molecule has 0 N–H and O–H groups in total. The van der Waals surface area contributed by atoms with Crippen LogP contribution in [0.4, 0.5) is 4.39 Å². The van der Waals surface area contributed by atoms with Gasteiger partial charge in [-0.2, -0.15) is 0 Å². The first-order chi connectivity index (χ1) is 8.99. The first-order valence-electron chi connectivity index (χ1n) is 6.05. The minimum atomic E-state index is -0.355. The Labute approximate surface area is 109 Å². The van der Waals surface area contributed by atoms with Crippen molar-refractivity contribution in [3.63, 3.8) is 0 Å². The smallest absolute Gasteiger partial charge is 0.298 e. The molecule has 5 heteroatoms. The summed E-state index contributed by atoms with van der Waals surface area (Å²) in [6.07, 6.45) is 1.50. The van der Waals surface area contributed by atoms with E-state index in [1.807, 2.05) is 13.8 Å². The largest absolute Gasteiger partial charge is 0.331 e. The van der Waals surface area contributed by atoms with E-state index in [0.29, 0.717) is 5.56 Å². The molecule has 0 saturated heterocycles. The molecule has 0 saturated carbocycles. The molecule has 0 bridgehead atoms. The van der Waals surface area contributed by atoms with Gasteiger partial charge in [-0.25, -0.2) is 9.18 Å². The van der Waals surface area contributed by atoms with Gasteiger partial charge in [-0.15, -0.1) is 0 Å². The zero-order valence-corrected chi connectivity index (χ0v) is 10.8. The third-order valence-electron chi connectivity index (χ3n) is 2.91. The van der Waals surface area contributed by atoms with Crippen molar-refractivity contribution in [2.45, 2.75) is 26.4 Å². The Morgan fingerprint density at radius 3 is 2.32 bits per heavy atom. The predicted octanol–water partition coefficient (Wildman–Crippen LogP) is 1.78. The molecule has 0 unspecified atom stereocenters. The first kappa shape index (κ1) is 13.3. The number of rotatable bonds is 3. The molecule has 1 aromatic carbocycles. The maximum Gasteiger partial charge on any atom is 0.331 e. The van der Waals surface area contributed by atoms with Crippen LogP contribution in [0, 0.1) is 5.82 Å². The highest BCUT2D eigenvalue weighted by molar-refractivity contribution is 5.16. The van der Waals surface area contributed by atoms with Crippen molar-refractivity contribution in [2.75, 3.05) is 0 Å². The summed E-state index contributed by atoms with van der Waals surface area (Å²) in [7, 11) is 0. The molecule has 0 fully saturated rings. The summed E-state index contributed by atoms with van der Waals surface area (Å²) in [6.45, 7) is 3.88. The van der Waals surface area contributed by atoms with Crippen molar-refractivity contribution in [1.82, 2.24) is 9.13 Å². The SMILES string of the molecule is CC(C)n1ccc(=O)n(Cc2ccc(F)cc2)c1=O. The highest BCUT2D eigenvalue weighted by Gasteiger charge is 2.08. The molecule has 19 heavy (non-hydrogen) atoms. The van der Waals surface area contributed by atoms with E-state index in [-0.39, 0.29) is 29.7 Å². The third-order valence-corrected chi connectivity index (χ3v) is 2.91. The molecule has 0 spiro atoms. The fraction of sp³-hybridized carbons (Fsp3) is 0.286. The third kappa shape index (κ3) is 2.81. The molecule has 1 aromatic heterocycles. The zero-order valence-electron chi connectivity index (χ0n) is 10.8. The average Bonchev–Trinajstić information content (AvgIpc) is 2.36. The molecule has 100 valence electrons. The summed E-state index contributed by atoms with van der Waals surface area (Å²) in [5.41, 5.74) is 0.000145. The topological polar surface area (TPSA) is 44.0 Å². The Hall–Kier alpha value is -2.17. The number of hydrogen-bond acceptors (Lipinski definition) is 2. The van der Waals surface area contributed by atoms with Crippen LogP contribution in [-0.2, 0) is 6.54 Å². The Kier molecular flexibility index (Phi) is 3.64. The van der Waals surface area contributed by atoms with Crippen molar-refractivity contribution >= 4 is 0 Å². The Morgan fingerprint density at radius 1 is 1.11 bits per heavy atom. The van der Waals surface area contributed by atoms with Gasteiger partial charge in [-0.3, -0.25) is 13.9 Å². The monoisotopic (exact) mass is 262 g/mol. The minimum Gasteiger partial charge on any atom is -0.298 e. The summed E-state index contributed by atoms with van der Waals surface area (Å²) in [5, 5.41) is 0. The molecule has 0 aliphatic carbocycles. The van der Waals surface area contributed by atoms with Crippen LogP contribution < -0.4 is 11.2 Å². The van der Waals surface area contributed by atoms with E-state index in [1.54, 1.807) is 12.1 Å². The fourth-order valence-corrected chi connectivity index (χ4v) is 1.84. The summed E-state index contributed by atoms with van der Waals surface area (Å²) >= 11 is 0. The van der Waals surface area contributed by atoms with Gasteiger partial charge in [0.05, 0.1) is 6.54 Å². The van der Waals surface area contributed by atoms with Crippen LogP contribution in [0.5, 0.6) is 0 Å². The van der Waals surface area contributed by atoms with E-state index in [1.165, 1.54) is 29.0 Å². The fourth-order valence-electron chi connectivity index (χ4n) is 1.84. The van der Waals surface area contributed by atoms with E-state index >= 15 is 0 Å². The maximum absolute atomic E-state index is 12.8. The Morgan fingerprint density at radius 2 is 1.74 bits per heavy atom. The first-order valence-corrected chi connectivity index (χ1v) is 6.05. The van der Waals surface area contributed by atoms with Gasteiger partial charge in [0, 0.05) is 18.3 Å². The molecular formula is C14H15FN2O2. The number of nitrogens with zero attached hydrogens (tertiary/aromatic N) is 2. The summed E-state index contributed by atoms with van der Waals surface area (Å²) in [6, 6.07) is 7.09. The van der Waals surface area contributed by atoms with Gasteiger partial charge in [-0.05, 0) is 31.5 Å². The van der Waals surface area contributed by atoms with Crippen LogP contribution >= 0.6 is 0 Å². The van der Waals surface area contributed by atoms with Gasteiger partial charge < -0.3 is 0 Å². The van der Waals surface area contributed by atoms with E-state index in [9.17, 15) is 14.0 Å². The van der Waals surface area contributed by atoms with Gasteiger partial charge in [0.15, 0.2) is 0 Å². The lowest BCUT2D eigenvalue weighted by atomic mass is 10.2. The van der Waals surface area contributed by atoms with Crippen molar-refractivity contribution in [1.29, 1.82) is 0 Å². The molecular weight excluding hydrogens is 247 g/mol. The zero-order chi connectivity index (χ0) is 14.0. The highest BCUT2D eigenvalue weighted by Crippen LogP contribution is 2.03. The average molecular weight is 262 g/mol. The maximum atomic E-state index is 12.8. The van der Waals surface area contributed by atoms with Gasteiger partial charge in [-0.1, -0.05) is 12.1 Å². The van der Waals surface area contributed by atoms with E-state index < -0.39 is 0 Å². The minimum absolute atomic E-state index is 0.0208. The van der Waals surface area contributed by atoms with Crippen molar-refractivity contribution in [2.24, 2.45) is 0 Å². The van der Waals surface area contributed by atoms with Crippen LogP contribution in [0.2, 0.25) is 0 Å². The van der Waals surface area contributed by atoms with Crippen LogP contribution in [0.25, 0.3) is 0 Å². The second-order valence-corrected chi connectivity index (χ2v) is 4.65. The normalized spacial score (nSPS) is 10.9. The van der Waals surface area contributed by atoms with Crippen molar-refractivity contribution < 1.29 is 4.39 Å². The summed E-state index contributed by atoms with van der Waals surface area (Å²) < 4.78 is 15.5. The second-order valence-electron chi connectivity index (χ2n) is 4.65. The lowest BCUT2D eigenvalue weighted by Crippen LogP contribution is -2.39. The summed E-state index contributed by atoms with van der Waals surface area (Å²) in [4.78, 5) is 23.9. The lowest BCUT2D eigenvalue weighted by Gasteiger charge is -2.12. The van der Waals surface area contributed by atoms with E-state index in [0.717, 1.165) is 4.57 Å². The van der Waals surface area contributed by atoms with Gasteiger partial charge in [0.25, 0.3) is 5.56 Å². The predicted molar refractivity (Wildman–Crippen MR) is 70.8 cm³/mol. The Bertz CT molecular complexity index is 684. The molecule has 4 nitrogen and oxygen atoms in total. The standard InChI is InChI=1S/C14H15FN2O2/c1-10(2)16-8-7-13(18)17(14(16)19)9-11-3-5-12(15)6-4-11/h3-8,10H,9H2,1-2H3. The van der Waals surface area contributed by atoms with Crippen LogP contribution in [0.15, 0.2) is 46.1 Å². The van der Waals surface area contributed by atoms with Gasteiger partial charge in [0.2, 0.25) is 0 Å². The van der Waals surface area contributed by atoms with Gasteiger partial charge >= 0.3 is 5.69 Å². The van der Waals surface area contributed by atoms with Crippen LogP contribution in [0.1, 0.15) is 25.5 Å². The van der Waals surface area contributed by atoms with Crippen LogP contribution in [-0.4, -0.2) is 9.13 Å². The number of hydrogen-bond donors (Lipinski definition) is 0.